The lowest BCUT2D eigenvalue weighted by Crippen LogP contribution is -2.37. The molecular formula is C26H22F4N2O3. The number of hydrogen-bond acceptors (Lipinski definition) is 4. The molecule has 1 atom stereocenters. The first kappa shape index (κ1) is 24.3. The van der Waals surface area contributed by atoms with Crippen LogP contribution in [0.2, 0.25) is 0 Å². The van der Waals surface area contributed by atoms with Gasteiger partial charge in [0.2, 0.25) is 0 Å². The van der Waals surface area contributed by atoms with Gasteiger partial charge in [-0.05, 0) is 65.7 Å². The van der Waals surface area contributed by atoms with Gasteiger partial charge in [-0.25, -0.2) is 4.39 Å². The molecule has 1 aliphatic rings. The van der Waals surface area contributed by atoms with Gasteiger partial charge in [-0.3, -0.25) is 4.79 Å². The van der Waals surface area contributed by atoms with Crippen molar-refractivity contribution < 1.29 is 31.9 Å². The van der Waals surface area contributed by atoms with Crippen LogP contribution in [0.4, 0.5) is 17.6 Å². The number of hydrogen-bond donors (Lipinski definition) is 0. The van der Waals surface area contributed by atoms with Gasteiger partial charge in [0.15, 0.2) is 6.10 Å². The van der Waals surface area contributed by atoms with E-state index in [9.17, 15) is 22.4 Å². The zero-order valence-electron chi connectivity index (χ0n) is 18.8. The minimum absolute atomic E-state index is 0.0191. The Hall–Kier alpha value is -3.88. The Kier molecular flexibility index (Phi) is 7.04. The van der Waals surface area contributed by atoms with Crippen LogP contribution in [0.15, 0.2) is 78.0 Å². The first-order chi connectivity index (χ1) is 16.7. The number of ether oxygens (including phenoxy) is 1. The minimum Gasteiger partial charge on any atom is -0.497 e. The normalized spacial score (nSPS) is 15.3. The van der Waals surface area contributed by atoms with E-state index >= 15 is 0 Å². The number of halogens is 4. The van der Waals surface area contributed by atoms with E-state index in [4.69, 9.17) is 9.57 Å². The molecule has 3 aromatic rings. The molecule has 182 valence electrons. The molecule has 1 unspecified atom stereocenters. The van der Waals surface area contributed by atoms with E-state index in [0.29, 0.717) is 23.4 Å². The van der Waals surface area contributed by atoms with Crippen LogP contribution >= 0.6 is 0 Å². The maximum atomic E-state index is 13.7. The molecule has 1 amide bonds. The Morgan fingerprint density at radius 1 is 1.09 bits per heavy atom. The summed E-state index contributed by atoms with van der Waals surface area (Å²) in [6.45, 7) is 0.130. The summed E-state index contributed by atoms with van der Waals surface area (Å²) in [5, 5.41) is 4.14. The highest BCUT2D eigenvalue weighted by Gasteiger charge is 2.31. The average Bonchev–Trinajstić information content (AvgIpc) is 3.31. The van der Waals surface area contributed by atoms with Crippen LogP contribution in [0.1, 0.15) is 33.5 Å². The second-order valence-electron chi connectivity index (χ2n) is 8.09. The fourth-order valence-corrected chi connectivity index (χ4v) is 3.77. The van der Waals surface area contributed by atoms with E-state index in [0.717, 1.165) is 23.8 Å². The summed E-state index contributed by atoms with van der Waals surface area (Å²) in [6.07, 6.45) is -4.51. The SMILES string of the molecule is COc1ccc(C2=NOC(CN(Cc3ccc(C(F)(F)F)cc3)C(=O)c3cccc(F)c3)C2)cc1. The lowest BCUT2D eigenvalue weighted by molar-refractivity contribution is -0.137. The highest BCUT2D eigenvalue weighted by Crippen LogP contribution is 2.29. The Bertz CT molecular complexity index is 1210. The second kappa shape index (κ2) is 10.2. The number of oxime groups is 1. The first-order valence-corrected chi connectivity index (χ1v) is 10.8. The van der Waals surface area contributed by atoms with Crippen molar-refractivity contribution in [3.63, 3.8) is 0 Å². The number of alkyl halides is 3. The first-order valence-electron chi connectivity index (χ1n) is 10.8. The van der Waals surface area contributed by atoms with Crippen molar-refractivity contribution in [1.82, 2.24) is 4.90 Å². The van der Waals surface area contributed by atoms with Crippen LogP contribution in [0, 0.1) is 5.82 Å². The Labute approximate surface area is 199 Å². The Morgan fingerprint density at radius 2 is 1.80 bits per heavy atom. The number of benzene rings is 3. The molecule has 0 aliphatic carbocycles. The summed E-state index contributed by atoms with van der Waals surface area (Å²) in [6, 6.07) is 17.1. The van der Waals surface area contributed by atoms with Gasteiger partial charge in [0.1, 0.15) is 11.6 Å². The van der Waals surface area contributed by atoms with Gasteiger partial charge >= 0.3 is 6.18 Å². The van der Waals surface area contributed by atoms with Crippen LogP contribution in [0.25, 0.3) is 0 Å². The van der Waals surface area contributed by atoms with E-state index in [1.165, 1.54) is 35.2 Å². The standard InChI is InChI=1S/C26H22F4N2O3/c1-34-22-11-7-18(8-12-22)24-14-23(35-31-24)16-32(25(33)19-3-2-4-21(27)13-19)15-17-5-9-20(10-6-17)26(28,29)30/h2-13,23H,14-16H2,1H3. The van der Waals surface area contributed by atoms with Crippen molar-refractivity contribution in [2.45, 2.75) is 25.2 Å². The Morgan fingerprint density at radius 3 is 2.43 bits per heavy atom. The molecule has 4 rings (SSSR count). The van der Waals surface area contributed by atoms with E-state index in [2.05, 4.69) is 5.16 Å². The summed E-state index contributed by atoms with van der Waals surface area (Å²) < 4.78 is 57.7. The Balaban J connectivity index is 1.51. The third kappa shape index (κ3) is 5.98. The summed E-state index contributed by atoms with van der Waals surface area (Å²) in [7, 11) is 1.57. The van der Waals surface area contributed by atoms with Gasteiger partial charge in [-0.15, -0.1) is 0 Å². The molecule has 0 spiro atoms. The van der Waals surface area contributed by atoms with Crippen molar-refractivity contribution in [3.05, 3.63) is 101 Å². The van der Waals surface area contributed by atoms with Crippen molar-refractivity contribution in [1.29, 1.82) is 0 Å². The molecule has 35 heavy (non-hydrogen) atoms. The second-order valence-corrected chi connectivity index (χ2v) is 8.09. The van der Waals surface area contributed by atoms with Crippen LogP contribution < -0.4 is 4.74 Å². The van der Waals surface area contributed by atoms with Crippen molar-refractivity contribution in [2.24, 2.45) is 5.16 Å². The number of methoxy groups -OCH3 is 1. The van der Waals surface area contributed by atoms with E-state index in [1.54, 1.807) is 19.2 Å². The number of amides is 1. The number of carbonyl (C=O) groups excluding carboxylic acids is 1. The predicted molar refractivity (Wildman–Crippen MR) is 122 cm³/mol. The largest absolute Gasteiger partial charge is 0.497 e. The minimum atomic E-state index is -4.46. The molecule has 3 aromatic carbocycles. The number of carbonyl (C=O) groups is 1. The highest BCUT2D eigenvalue weighted by molar-refractivity contribution is 6.01. The molecule has 0 saturated carbocycles. The molecule has 0 bridgehead atoms. The average molecular weight is 486 g/mol. The smallest absolute Gasteiger partial charge is 0.416 e. The maximum Gasteiger partial charge on any atom is 0.416 e. The maximum absolute atomic E-state index is 13.7. The van der Waals surface area contributed by atoms with Crippen molar-refractivity contribution in [2.75, 3.05) is 13.7 Å². The third-order valence-electron chi connectivity index (χ3n) is 5.59. The summed E-state index contributed by atoms with van der Waals surface area (Å²) >= 11 is 0. The molecule has 0 N–H and O–H groups in total. The van der Waals surface area contributed by atoms with Gasteiger partial charge in [-0.1, -0.05) is 23.4 Å². The van der Waals surface area contributed by atoms with E-state index in [1.807, 2.05) is 12.1 Å². The fraction of sp³-hybridized carbons (Fsp3) is 0.231. The quantitative estimate of drug-likeness (QED) is 0.404. The molecule has 5 nitrogen and oxygen atoms in total. The lowest BCUT2D eigenvalue weighted by atomic mass is 10.0. The van der Waals surface area contributed by atoms with E-state index < -0.39 is 29.6 Å². The van der Waals surface area contributed by atoms with E-state index in [-0.39, 0.29) is 18.7 Å². The topological polar surface area (TPSA) is 51.1 Å². The van der Waals surface area contributed by atoms with Gasteiger partial charge in [0.05, 0.1) is 24.9 Å². The lowest BCUT2D eigenvalue weighted by Gasteiger charge is -2.25. The molecular weight excluding hydrogens is 464 g/mol. The number of nitrogens with zero attached hydrogens (tertiary/aromatic N) is 2. The molecule has 1 aliphatic heterocycles. The van der Waals surface area contributed by atoms with Gasteiger partial charge in [-0.2, -0.15) is 13.2 Å². The summed E-state index contributed by atoms with van der Waals surface area (Å²) in [5.41, 5.74) is 1.40. The van der Waals surface area contributed by atoms with Gasteiger partial charge in [0.25, 0.3) is 5.91 Å². The van der Waals surface area contributed by atoms with Gasteiger partial charge in [0, 0.05) is 18.5 Å². The van der Waals surface area contributed by atoms with Crippen LogP contribution in [-0.2, 0) is 17.6 Å². The molecule has 9 heteroatoms. The monoisotopic (exact) mass is 486 g/mol. The zero-order chi connectivity index (χ0) is 25.0. The van der Waals surface area contributed by atoms with Gasteiger partial charge < -0.3 is 14.5 Å². The highest BCUT2D eigenvalue weighted by atomic mass is 19.4. The van der Waals surface area contributed by atoms with Crippen molar-refractivity contribution in [3.8, 4) is 5.75 Å². The summed E-state index contributed by atoms with van der Waals surface area (Å²) in [5.74, 6) is -0.327. The summed E-state index contributed by atoms with van der Waals surface area (Å²) in [4.78, 5) is 20.2. The molecule has 0 fully saturated rings. The molecule has 0 radical (unpaired) electrons. The molecule has 1 heterocycles. The fourth-order valence-electron chi connectivity index (χ4n) is 3.77. The van der Waals surface area contributed by atoms with Crippen molar-refractivity contribution >= 4 is 11.6 Å². The van der Waals surface area contributed by atoms with Crippen LogP contribution in [-0.4, -0.2) is 36.3 Å². The third-order valence-corrected chi connectivity index (χ3v) is 5.59. The van der Waals surface area contributed by atoms with Crippen LogP contribution in [0.5, 0.6) is 5.75 Å². The molecule has 0 aromatic heterocycles. The zero-order valence-corrected chi connectivity index (χ0v) is 18.8. The van der Waals surface area contributed by atoms with Crippen LogP contribution in [0.3, 0.4) is 0 Å². The predicted octanol–water partition coefficient (Wildman–Crippen LogP) is 5.69. The number of rotatable bonds is 7. The molecule has 0 saturated heterocycles.